The number of benzene rings is 2. The van der Waals surface area contributed by atoms with E-state index in [1.54, 1.807) is 11.3 Å². The molecular formula is C24H28N4O2S. The summed E-state index contributed by atoms with van der Waals surface area (Å²) in [6.07, 6.45) is 3.37. The molecule has 0 aliphatic carbocycles. The first kappa shape index (κ1) is 20.4. The molecule has 1 aromatic heterocycles. The lowest BCUT2D eigenvalue weighted by molar-refractivity contribution is -0.118. The molecule has 2 aliphatic heterocycles. The Bertz CT molecular complexity index is 996. The normalized spacial score (nSPS) is 20.1. The molecule has 1 amide bonds. The largest absolute Gasteiger partial charge is 0.378 e. The SMILES string of the molecule is O=C(CN1CCCC[C@@H]1c1nc2ccccc2s1)Nc1ccc(N2CCOCC2)cc1. The van der Waals surface area contributed by atoms with Gasteiger partial charge in [0.05, 0.1) is 36.0 Å². The summed E-state index contributed by atoms with van der Waals surface area (Å²) in [7, 11) is 0. The Morgan fingerprint density at radius 3 is 2.68 bits per heavy atom. The van der Waals surface area contributed by atoms with Crippen molar-refractivity contribution >= 4 is 38.8 Å². The molecule has 7 heteroatoms. The number of hydrogen-bond acceptors (Lipinski definition) is 6. The molecule has 3 heterocycles. The lowest BCUT2D eigenvalue weighted by Crippen LogP contribution is -2.39. The smallest absolute Gasteiger partial charge is 0.238 e. The number of nitrogens with zero attached hydrogens (tertiary/aromatic N) is 3. The zero-order valence-electron chi connectivity index (χ0n) is 17.6. The van der Waals surface area contributed by atoms with Gasteiger partial charge in [0.15, 0.2) is 0 Å². The number of piperidine rings is 1. The quantitative estimate of drug-likeness (QED) is 0.646. The van der Waals surface area contributed by atoms with Crippen molar-refractivity contribution in [2.45, 2.75) is 25.3 Å². The molecule has 5 rings (SSSR count). The highest BCUT2D eigenvalue weighted by Crippen LogP contribution is 2.35. The van der Waals surface area contributed by atoms with Crippen molar-refractivity contribution in [1.29, 1.82) is 0 Å². The number of ether oxygens (including phenoxy) is 1. The van der Waals surface area contributed by atoms with Crippen molar-refractivity contribution in [3.05, 3.63) is 53.5 Å². The van der Waals surface area contributed by atoms with E-state index in [2.05, 4.69) is 45.4 Å². The average molecular weight is 437 g/mol. The summed E-state index contributed by atoms with van der Waals surface area (Å²) < 4.78 is 6.64. The lowest BCUT2D eigenvalue weighted by Gasteiger charge is -2.33. The average Bonchev–Trinajstić information content (AvgIpc) is 3.25. The molecule has 0 radical (unpaired) electrons. The Balaban J connectivity index is 1.23. The first-order valence-electron chi connectivity index (χ1n) is 11.1. The number of carbonyl (C=O) groups excluding carboxylic acids is 1. The van der Waals surface area contributed by atoms with Crippen LogP contribution in [-0.4, -0.2) is 55.2 Å². The van der Waals surface area contributed by atoms with E-state index >= 15 is 0 Å². The molecule has 2 aromatic carbocycles. The summed E-state index contributed by atoms with van der Waals surface area (Å²) in [5.41, 5.74) is 3.07. The fraction of sp³-hybridized carbons (Fsp3) is 0.417. The van der Waals surface area contributed by atoms with Gasteiger partial charge < -0.3 is 15.0 Å². The third kappa shape index (κ3) is 4.74. The Hall–Kier alpha value is -2.48. The van der Waals surface area contributed by atoms with E-state index in [9.17, 15) is 4.79 Å². The predicted octanol–water partition coefficient (Wildman–Crippen LogP) is 4.30. The van der Waals surface area contributed by atoms with Crippen LogP contribution in [0.1, 0.15) is 30.3 Å². The highest BCUT2D eigenvalue weighted by atomic mass is 32.1. The molecular weight excluding hydrogens is 408 g/mol. The molecule has 3 aromatic rings. The van der Waals surface area contributed by atoms with Gasteiger partial charge in [-0.1, -0.05) is 18.6 Å². The number of carbonyl (C=O) groups is 1. The fourth-order valence-electron chi connectivity index (χ4n) is 4.45. The van der Waals surface area contributed by atoms with Gasteiger partial charge in [-0.25, -0.2) is 4.98 Å². The van der Waals surface area contributed by atoms with Crippen LogP contribution < -0.4 is 10.2 Å². The minimum absolute atomic E-state index is 0.0344. The maximum atomic E-state index is 12.8. The van der Waals surface area contributed by atoms with Gasteiger partial charge in [0, 0.05) is 24.5 Å². The summed E-state index contributed by atoms with van der Waals surface area (Å²) in [6.45, 7) is 4.69. The van der Waals surface area contributed by atoms with E-state index in [0.29, 0.717) is 6.54 Å². The molecule has 0 spiro atoms. The first-order chi connectivity index (χ1) is 15.3. The van der Waals surface area contributed by atoms with Gasteiger partial charge in [0.2, 0.25) is 5.91 Å². The topological polar surface area (TPSA) is 57.7 Å². The molecule has 6 nitrogen and oxygen atoms in total. The van der Waals surface area contributed by atoms with E-state index in [4.69, 9.17) is 9.72 Å². The van der Waals surface area contributed by atoms with Crippen LogP contribution in [-0.2, 0) is 9.53 Å². The summed E-state index contributed by atoms with van der Waals surface area (Å²) in [6, 6.07) is 16.6. The van der Waals surface area contributed by atoms with Gasteiger partial charge >= 0.3 is 0 Å². The van der Waals surface area contributed by atoms with Crippen LogP contribution in [0.3, 0.4) is 0 Å². The van der Waals surface area contributed by atoms with Crippen LogP contribution in [0.2, 0.25) is 0 Å². The molecule has 2 aliphatic rings. The van der Waals surface area contributed by atoms with Crippen LogP contribution >= 0.6 is 11.3 Å². The van der Waals surface area contributed by atoms with E-state index in [0.717, 1.165) is 61.9 Å². The number of morpholine rings is 1. The minimum atomic E-state index is 0.0344. The van der Waals surface area contributed by atoms with Crippen LogP contribution in [0.4, 0.5) is 11.4 Å². The maximum absolute atomic E-state index is 12.8. The van der Waals surface area contributed by atoms with Crippen molar-refractivity contribution in [3.63, 3.8) is 0 Å². The van der Waals surface area contributed by atoms with Crippen molar-refractivity contribution in [2.24, 2.45) is 0 Å². The highest BCUT2D eigenvalue weighted by Gasteiger charge is 2.28. The van der Waals surface area contributed by atoms with Crippen molar-refractivity contribution < 1.29 is 9.53 Å². The number of hydrogen-bond donors (Lipinski definition) is 1. The maximum Gasteiger partial charge on any atom is 0.238 e. The third-order valence-electron chi connectivity index (χ3n) is 6.08. The van der Waals surface area contributed by atoms with Crippen molar-refractivity contribution in [1.82, 2.24) is 9.88 Å². The second-order valence-electron chi connectivity index (χ2n) is 8.20. The Morgan fingerprint density at radius 2 is 1.87 bits per heavy atom. The zero-order valence-corrected chi connectivity index (χ0v) is 18.4. The fourth-order valence-corrected chi connectivity index (χ4v) is 5.59. The van der Waals surface area contributed by atoms with Crippen LogP contribution in [0, 0.1) is 0 Å². The van der Waals surface area contributed by atoms with Gasteiger partial charge in [-0.3, -0.25) is 9.69 Å². The second-order valence-corrected chi connectivity index (χ2v) is 9.26. The lowest BCUT2D eigenvalue weighted by atomic mass is 10.0. The van der Waals surface area contributed by atoms with E-state index < -0.39 is 0 Å². The van der Waals surface area contributed by atoms with Crippen molar-refractivity contribution in [2.75, 3.05) is 49.6 Å². The third-order valence-corrected chi connectivity index (χ3v) is 7.22. The summed E-state index contributed by atoms with van der Waals surface area (Å²) in [4.78, 5) is 22.3. The van der Waals surface area contributed by atoms with Gasteiger partial charge in [-0.15, -0.1) is 11.3 Å². The second kappa shape index (κ2) is 9.34. The molecule has 1 N–H and O–H groups in total. The summed E-state index contributed by atoms with van der Waals surface area (Å²) in [5, 5.41) is 4.21. The van der Waals surface area contributed by atoms with Crippen molar-refractivity contribution in [3.8, 4) is 0 Å². The Labute approximate surface area is 186 Å². The Morgan fingerprint density at radius 1 is 1.06 bits per heavy atom. The van der Waals surface area contributed by atoms with Crippen LogP contribution in [0.25, 0.3) is 10.2 Å². The van der Waals surface area contributed by atoms with Crippen LogP contribution in [0.5, 0.6) is 0 Å². The number of fused-ring (bicyclic) bond motifs is 1. The Kier molecular flexibility index (Phi) is 6.15. The molecule has 31 heavy (non-hydrogen) atoms. The van der Waals surface area contributed by atoms with Gasteiger partial charge in [0.25, 0.3) is 0 Å². The summed E-state index contributed by atoms with van der Waals surface area (Å²) in [5.74, 6) is 0.0344. The number of rotatable bonds is 5. The molecule has 0 bridgehead atoms. The number of nitrogens with one attached hydrogen (secondary N) is 1. The summed E-state index contributed by atoms with van der Waals surface area (Å²) >= 11 is 1.76. The van der Waals surface area contributed by atoms with Gasteiger partial charge in [0.1, 0.15) is 5.01 Å². The molecule has 1 atom stereocenters. The first-order valence-corrected chi connectivity index (χ1v) is 11.9. The van der Waals surface area contributed by atoms with Gasteiger partial charge in [-0.2, -0.15) is 0 Å². The number of amides is 1. The predicted molar refractivity (Wildman–Crippen MR) is 126 cm³/mol. The van der Waals surface area contributed by atoms with E-state index in [-0.39, 0.29) is 11.9 Å². The monoisotopic (exact) mass is 436 g/mol. The molecule has 2 fully saturated rings. The molecule has 0 unspecified atom stereocenters. The van der Waals surface area contributed by atoms with Gasteiger partial charge in [-0.05, 0) is 55.8 Å². The number of para-hydroxylation sites is 1. The molecule has 2 saturated heterocycles. The minimum Gasteiger partial charge on any atom is -0.378 e. The number of aromatic nitrogens is 1. The zero-order chi connectivity index (χ0) is 21.0. The number of thiazole rings is 1. The standard InChI is InChI=1S/C24H28N4O2S/c29-23(25-18-8-10-19(11-9-18)27-13-15-30-16-14-27)17-28-12-4-3-6-21(28)24-26-20-5-1-2-7-22(20)31-24/h1-2,5,7-11,21H,3-4,6,12-17H2,(H,25,29)/t21-/m1/s1. The van der Waals surface area contributed by atoms with Crippen LogP contribution in [0.15, 0.2) is 48.5 Å². The molecule has 0 saturated carbocycles. The van der Waals surface area contributed by atoms with E-state index in [1.165, 1.54) is 16.8 Å². The van der Waals surface area contributed by atoms with E-state index in [1.807, 2.05) is 18.2 Å². The highest BCUT2D eigenvalue weighted by molar-refractivity contribution is 7.18. The number of likely N-dealkylation sites (tertiary alicyclic amines) is 1. The number of anilines is 2. The molecule has 162 valence electrons.